The van der Waals surface area contributed by atoms with Crippen molar-refractivity contribution in [1.29, 1.82) is 0 Å². The van der Waals surface area contributed by atoms with Gasteiger partial charge in [0.15, 0.2) is 0 Å². The molecule has 0 bridgehead atoms. The van der Waals surface area contributed by atoms with Crippen molar-refractivity contribution in [3.05, 3.63) is 0 Å². The number of ether oxygens (including phenoxy) is 1. The first-order chi connectivity index (χ1) is 14.8. The molecule has 0 aliphatic carbocycles. The summed E-state index contributed by atoms with van der Waals surface area (Å²) < 4.78 is 5.56. The highest BCUT2D eigenvalue weighted by molar-refractivity contribution is 5.81. The Morgan fingerprint density at radius 1 is 0.935 bits per heavy atom. The number of hydrogen-bond donors (Lipinski definition) is 2. The average Bonchev–Trinajstić information content (AvgIpc) is 2.77. The maximum absolute atomic E-state index is 12.1. The highest BCUT2D eigenvalue weighted by Gasteiger charge is 2.20. The molecule has 31 heavy (non-hydrogen) atoms. The summed E-state index contributed by atoms with van der Waals surface area (Å²) in [6.45, 7) is 25.4. The molecule has 0 aliphatic rings. The SMILES string of the molecule is C=O.CC.CCC(C)CC.CCCCCCOCNC(C(=O)NCCC(C)C)C(C)C.[HH].[HH]. The molecule has 1 atom stereocenters. The number of carbonyl (C=O) groups is 2. The van der Waals surface area contributed by atoms with E-state index in [1.165, 1.54) is 32.1 Å². The van der Waals surface area contributed by atoms with E-state index in [0.29, 0.717) is 12.6 Å². The van der Waals surface area contributed by atoms with Crippen molar-refractivity contribution in [2.45, 2.75) is 120 Å². The van der Waals surface area contributed by atoms with E-state index in [-0.39, 0.29) is 20.7 Å². The summed E-state index contributed by atoms with van der Waals surface area (Å²) in [7, 11) is 0. The third-order valence-corrected chi connectivity index (χ3v) is 4.91. The number of amides is 1. The Morgan fingerprint density at radius 3 is 1.87 bits per heavy atom. The number of carbonyl (C=O) groups excluding carboxylic acids is 2. The fourth-order valence-electron chi connectivity index (χ4n) is 2.37. The molecule has 2 N–H and O–H groups in total. The Bertz CT molecular complexity index is 343. The van der Waals surface area contributed by atoms with Gasteiger partial charge in [-0.05, 0) is 30.6 Å². The molecule has 0 aromatic heterocycles. The third-order valence-electron chi connectivity index (χ3n) is 4.91. The van der Waals surface area contributed by atoms with Gasteiger partial charge >= 0.3 is 0 Å². The minimum atomic E-state index is -0.173. The second-order valence-electron chi connectivity index (χ2n) is 8.43. The van der Waals surface area contributed by atoms with Gasteiger partial charge in [-0.1, -0.05) is 101 Å². The average molecular weight is 451 g/mol. The summed E-state index contributed by atoms with van der Waals surface area (Å²) >= 11 is 0. The van der Waals surface area contributed by atoms with Crippen LogP contribution in [0, 0.1) is 17.8 Å². The van der Waals surface area contributed by atoms with Gasteiger partial charge in [-0.3, -0.25) is 10.1 Å². The molecule has 194 valence electrons. The number of hydrogen-bond acceptors (Lipinski definition) is 4. The number of nitrogens with one attached hydrogen (secondary N) is 2. The number of unbranched alkanes of at least 4 members (excludes halogenated alkanes) is 3. The van der Waals surface area contributed by atoms with Gasteiger partial charge in [-0.25, -0.2) is 0 Å². The molecule has 0 aliphatic heterocycles. The minimum absolute atomic E-state index is 0. The smallest absolute Gasteiger partial charge is 0.237 e. The van der Waals surface area contributed by atoms with E-state index < -0.39 is 0 Å². The van der Waals surface area contributed by atoms with E-state index in [9.17, 15) is 4.79 Å². The van der Waals surface area contributed by atoms with Crippen LogP contribution in [0.2, 0.25) is 0 Å². The fraction of sp³-hybridized carbons (Fsp3) is 0.923. The zero-order valence-electron chi connectivity index (χ0n) is 22.8. The van der Waals surface area contributed by atoms with Crippen molar-refractivity contribution in [2.24, 2.45) is 17.8 Å². The molecule has 5 nitrogen and oxygen atoms in total. The van der Waals surface area contributed by atoms with Crippen LogP contribution in [0.4, 0.5) is 0 Å². The molecule has 0 spiro atoms. The second kappa shape index (κ2) is 31.2. The van der Waals surface area contributed by atoms with Gasteiger partial charge in [0.05, 0.1) is 12.8 Å². The van der Waals surface area contributed by atoms with Gasteiger partial charge in [0.1, 0.15) is 6.79 Å². The molecule has 0 fully saturated rings. The van der Waals surface area contributed by atoms with Crippen LogP contribution >= 0.6 is 0 Å². The fourth-order valence-corrected chi connectivity index (χ4v) is 2.37. The Kier molecular flexibility index (Phi) is 37.7. The normalized spacial score (nSPS) is 11.0. The first kappa shape index (κ1) is 37.4. The van der Waals surface area contributed by atoms with Crippen molar-refractivity contribution in [3.8, 4) is 0 Å². The zero-order valence-corrected chi connectivity index (χ0v) is 22.8. The minimum Gasteiger partial charge on any atom is -0.366 e. The maximum atomic E-state index is 12.1. The van der Waals surface area contributed by atoms with Crippen LogP contribution in [0.5, 0.6) is 0 Å². The van der Waals surface area contributed by atoms with Crippen molar-refractivity contribution in [2.75, 3.05) is 19.9 Å². The maximum Gasteiger partial charge on any atom is 0.237 e. The lowest BCUT2D eigenvalue weighted by Crippen LogP contribution is -2.48. The molecule has 0 aromatic rings. The van der Waals surface area contributed by atoms with Gasteiger partial charge in [-0.15, -0.1) is 0 Å². The Balaban J connectivity index is -0.000000129. The largest absolute Gasteiger partial charge is 0.366 e. The second-order valence-corrected chi connectivity index (χ2v) is 8.43. The van der Waals surface area contributed by atoms with Crippen LogP contribution in [-0.2, 0) is 14.3 Å². The van der Waals surface area contributed by atoms with Crippen LogP contribution in [0.1, 0.15) is 117 Å². The highest BCUT2D eigenvalue weighted by atomic mass is 16.5. The lowest BCUT2D eigenvalue weighted by atomic mass is 10.0. The molecular formula is C26H62N2O3. The predicted octanol–water partition coefficient (Wildman–Crippen LogP) is 7.09. The molecule has 5 heteroatoms. The first-order valence-corrected chi connectivity index (χ1v) is 12.7. The van der Waals surface area contributed by atoms with Crippen molar-refractivity contribution >= 4 is 12.7 Å². The standard InChI is InChI=1S/C17H36N2O2.C6H14.C2H6.CH2O.2H2/c1-6-7-8-9-12-21-13-19-16(15(4)5)17(20)18-11-10-14(2)3;1-4-6(3)5-2;2*1-2;;/h14-16,19H,6-13H2,1-5H3,(H,18,20);6H,4-5H2,1-3H3;1-2H3;1H2;2*1H. The molecule has 0 rings (SSSR count). The molecule has 0 heterocycles. The lowest BCUT2D eigenvalue weighted by molar-refractivity contribution is -0.124. The Hall–Kier alpha value is -0.940. The molecule has 0 saturated heterocycles. The number of rotatable bonds is 15. The van der Waals surface area contributed by atoms with E-state index in [2.05, 4.69) is 66.0 Å². The Labute approximate surface area is 198 Å². The molecule has 0 aromatic carbocycles. The molecule has 1 unspecified atom stereocenters. The summed E-state index contributed by atoms with van der Waals surface area (Å²) in [6, 6.07) is -0.173. The van der Waals surface area contributed by atoms with E-state index in [1.54, 1.807) is 0 Å². The van der Waals surface area contributed by atoms with Crippen molar-refractivity contribution in [1.82, 2.24) is 10.6 Å². The van der Waals surface area contributed by atoms with Gasteiger partial charge < -0.3 is 14.8 Å². The monoisotopic (exact) mass is 450 g/mol. The molecule has 0 radical (unpaired) electrons. The lowest BCUT2D eigenvalue weighted by Gasteiger charge is -2.22. The van der Waals surface area contributed by atoms with Crippen molar-refractivity contribution < 1.29 is 17.2 Å². The van der Waals surface area contributed by atoms with E-state index in [1.807, 2.05) is 20.6 Å². The summed E-state index contributed by atoms with van der Waals surface area (Å²) in [4.78, 5) is 20.1. The van der Waals surface area contributed by atoms with Gasteiger partial charge in [-0.2, -0.15) is 0 Å². The van der Waals surface area contributed by atoms with Gasteiger partial charge in [0, 0.05) is 16.0 Å². The molecular weight excluding hydrogens is 388 g/mol. The van der Waals surface area contributed by atoms with Crippen LogP contribution in [-0.4, -0.2) is 38.6 Å². The third kappa shape index (κ3) is 31.3. The van der Waals surface area contributed by atoms with Crippen LogP contribution < -0.4 is 10.6 Å². The van der Waals surface area contributed by atoms with Crippen LogP contribution in [0.15, 0.2) is 0 Å². The highest BCUT2D eigenvalue weighted by Crippen LogP contribution is 2.04. The van der Waals surface area contributed by atoms with E-state index >= 15 is 0 Å². The summed E-state index contributed by atoms with van der Waals surface area (Å²) in [6.07, 6.45) is 8.51. The van der Waals surface area contributed by atoms with Gasteiger partial charge in [0.25, 0.3) is 0 Å². The van der Waals surface area contributed by atoms with Gasteiger partial charge in [0.2, 0.25) is 5.91 Å². The quantitative estimate of drug-likeness (QED) is 0.206. The summed E-state index contributed by atoms with van der Waals surface area (Å²) in [5, 5.41) is 6.22. The Morgan fingerprint density at radius 2 is 1.48 bits per heavy atom. The molecule has 1 amide bonds. The van der Waals surface area contributed by atoms with Crippen molar-refractivity contribution in [3.63, 3.8) is 0 Å². The summed E-state index contributed by atoms with van der Waals surface area (Å²) in [5.41, 5.74) is 0. The summed E-state index contributed by atoms with van der Waals surface area (Å²) in [5.74, 6) is 1.89. The topological polar surface area (TPSA) is 67.4 Å². The predicted molar refractivity (Wildman–Crippen MR) is 142 cm³/mol. The van der Waals surface area contributed by atoms with Crippen LogP contribution in [0.3, 0.4) is 0 Å². The van der Waals surface area contributed by atoms with E-state index in [4.69, 9.17) is 9.53 Å². The van der Waals surface area contributed by atoms with E-state index in [0.717, 1.165) is 31.9 Å². The van der Waals surface area contributed by atoms with Crippen LogP contribution in [0.25, 0.3) is 0 Å². The first-order valence-electron chi connectivity index (χ1n) is 12.7. The zero-order chi connectivity index (χ0) is 25.1. The molecule has 0 saturated carbocycles.